The highest BCUT2D eigenvalue weighted by Gasteiger charge is 2.59. The van der Waals surface area contributed by atoms with Crippen LogP contribution in [0.5, 0.6) is 0 Å². The zero-order valence-electron chi connectivity index (χ0n) is 30.9. The summed E-state index contributed by atoms with van der Waals surface area (Å²) >= 11 is 0. The molecule has 8 aromatic rings. The van der Waals surface area contributed by atoms with Gasteiger partial charge in [0, 0.05) is 16.3 Å². The van der Waals surface area contributed by atoms with E-state index in [9.17, 15) is 5.11 Å². The first-order valence-electron chi connectivity index (χ1n) is 19.0. The Morgan fingerprint density at radius 1 is 0.481 bits per heavy atom. The first-order chi connectivity index (χ1) is 26.2. The van der Waals surface area contributed by atoms with Crippen molar-refractivity contribution in [2.75, 3.05) is 0 Å². The van der Waals surface area contributed by atoms with E-state index in [0.29, 0.717) is 7.48 Å². The Kier molecular flexibility index (Phi) is 6.32. The van der Waals surface area contributed by atoms with Crippen LogP contribution in [0.1, 0.15) is 72.2 Å². The molecule has 0 aliphatic heterocycles. The lowest BCUT2D eigenvalue weighted by molar-refractivity contribution is -0.0893. The largest absolute Gasteiger partial charge is 0.455 e. The van der Waals surface area contributed by atoms with Crippen LogP contribution < -0.4 is 5.46 Å². The molecule has 0 amide bonds. The molecule has 260 valence electrons. The zero-order chi connectivity index (χ0) is 36.6. The van der Waals surface area contributed by atoms with E-state index in [0.717, 1.165) is 38.5 Å². The summed E-state index contributed by atoms with van der Waals surface area (Å²) in [6, 6.07) is 56.1. The average molecular weight is 699 g/mol. The maximum absolute atomic E-state index is 11.1. The van der Waals surface area contributed by atoms with E-state index in [-0.39, 0.29) is 0 Å². The van der Waals surface area contributed by atoms with Gasteiger partial charge in [0.05, 0.1) is 22.0 Å². The number of furan rings is 1. The van der Waals surface area contributed by atoms with Crippen molar-refractivity contribution in [2.45, 2.75) is 49.7 Å². The third kappa shape index (κ3) is 3.75. The number of para-hydroxylation sites is 1. The van der Waals surface area contributed by atoms with Crippen molar-refractivity contribution in [3.63, 3.8) is 0 Å². The summed E-state index contributed by atoms with van der Waals surface area (Å²) in [5, 5.41) is 13.3. The van der Waals surface area contributed by atoms with Crippen molar-refractivity contribution in [3.05, 3.63) is 196 Å². The second kappa shape index (κ2) is 10.7. The Morgan fingerprint density at radius 2 is 0.963 bits per heavy atom. The monoisotopic (exact) mass is 698 g/mol. The molecular weight excluding hydrogens is 659 g/mol. The lowest BCUT2D eigenvalue weighted by atomic mass is 9.52. The highest BCUT2D eigenvalue weighted by atomic mass is 16.5. The summed E-state index contributed by atoms with van der Waals surface area (Å²) in [4.78, 5) is 0. The molecule has 1 aromatic heterocycles. The summed E-state index contributed by atoms with van der Waals surface area (Å²) in [7, 11) is 0.334. The molecule has 4 heteroatoms. The lowest BCUT2D eigenvalue weighted by Gasteiger charge is -2.48. The molecule has 0 unspecified atom stereocenters. The number of aliphatic hydroxyl groups is 1. The minimum Gasteiger partial charge on any atom is -0.455 e. The van der Waals surface area contributed by atoms with Gasteiger partial charge in [0.25, 0.3) is 0 Å². The fourth-order valence-electron chi connectivity index (χ4n) is 10.2. The highest BCUT2D eigenvalue weighted by molar-refractivity contribution is 6.50. The van der Waals surface area contributed by atoms with Gasteiger partial charge < -0.3 is 14.2 Å². The van der Waals surface area contributed by atoms with Gasteiger partial charge in [-0.1, -0.05) is 146 Å². The number of hydrogen-bond acceptors (Lipinski definition) is 3. The van der Waals surface area contributed by atoms with Gasteiger partial charge in [-0.15, -0.1) is 0 Å². The quantitative estimate of drug-likeness (QED) is 0.186. The van der Waals surface area contributed by atoms with Crippen LogP contribution >= 0.6 is 0 Å². The van der Waals surface area contributed by atoms with E-state index < -0.39 is 22.0 Å². The van der Waals surface area contributed by atoms with Crippen molar-refractivity contribution in [1.29, 1.82) is 0 Å². The molecule has 1 heterocycles. The molecule has 0 bridgehead atoms. The van der Waals surface area contributed by atoms with E-state index >= 15 is 0 Å². The highest BCUT2D eigenvalue weighted by Crippen LogP contribution is 2.67. The summed E-state index contributed by atoms with van der Waals surface area (Å²) in [5.74, 6) is 0. The van der Waals surface area contributed by atoms with Crippen LogP contribution in [0.4, 0.5) is 0 Å². The normalized spacial score (nSPS) is 15.5. The molecule has 0 saturated carbocycles. The van der Waals surface area contributed by atoms with E-state index in [1.165, 1.54) is 55.6 Å². The number of benzene rings is 7. The molecule has 2 spiro atoms. The maximum atomic E-state index is 11.1. The number of rotatable bonds is 4. The molecule has 3 nitrogen and oxygen atoms in total. The molecule has 7 aromatic carbocycles. The van der Waals surface area contributed by atoms with Crippen LogP contribution in [0.3, 0.4) is 0 Å². The molecule has 11 rings (SSSR count). The van der Waals surface area contributed by atoms with E-state index in [1.807, 2.05) is 33.8 Å². The molecule has 0 saturated heterocycles. The number of hydrogen-bond donors (Lipinski definition) is 1. The lowest BCUT2D eigenvalue weighted by Crippen LogP contribution is -2.49. The van der Waals surface area contributed by atoms with Gasteiger partial charge in [-0.05, 0) is 100 Å². The Hall–Kier alpha value is -5.68. The van der Waals surface area contributed by atoms with Crippen LogP contribution in [-0.2, 0) is 15.5 Å². The van der Waals surface area contributed by atoms with Crippen LogP contribution in [0.2, 0.25) is 0 Å². The molecular formula is C50H39BO3. The maximum Gasteiger partial charge on any atom is 0.310 e. The van der Waals surface area contributed by atoms with Gasteiger partial charge in [0.2, 0.25) is 0 Å². The Balaban J connectivity index is 1.29. The topological polar surface area (TPSA) is 42.6 Å². The second-order valence-corrected chi connectivity index (χ2v) is 16.3. The molecule has 54 heavy (non-hydrogen) atoms. The van der Waals surface area contributed by atoms with Gasteiger partial charge in [-0.2, -0.15) is 0 Å². The standard InChI is InChI=1S/C50H39BO3/c1-47(2,52)48(3,4)54-51-42-26-15-25-40-44(42)45-41(29-28-33-32-18-7-14-27-43(32)53-46(33)45)50(40)38-23-12-10-21-36(38)49(37-22-11-13-24-39(37)50)34-19-8-5-16-30(34)31-17-6-9-20-35(31)49/h5-29,51-52H,1-4H3. The van der Waals surface area contributed by atoms with Crippen LogP contribution in [0.15, 0.2) is 156 Å². The summed E-state index contributed by atoms with van der Waals surface area (Å²) in [5.41, 5.74) is 14.9. The first-order valence-corrected chi connectivity index (χ1v) is 19.0. The zero-order valence-corrected chi connectivity index (χ0v) is 30.9. The predicted molar refractivity (Wildman–Crippen MR) is 220 cm³/mol. The van der Waals surface area contributed by atoms with Crippen LogP contribution in [-0.4, -0.2) is 23.8 Å². The SMILES string of the molecule is CC(C)(O)C(C)(C)OBc1cccc2c1-c1c(ccc3c1oc1ccccc13)C21c2ccccc2C2(c3ccccc3-c3ccccc32)c2ccccc21. The Labute approximate surface area is 316 Å². The fourth-order valence-corrected chi connectivity index (χ4v) is 10.2. The van der Waals surface area contributed by atoms with E-state index in [1.54, 1.807) is 0 Å². The van der Waals surface area contributed by atoms with Crippen molar-refractivity contribution in [3.8, 4) is 22.3 Å². The van der Waals surface area contributed by atoms with Gasteiger partial charge in [0.15, 0.2) is 0 Å². The second-order valence-electron chi connectivity index (χ2n) is 16.3. The van der Waals surface area contributed by atoms with Gasteiger partial charge in [-0.25, -0.2) is 0 Å². The summed E-state index contributed by atoms with van der Waals surface area (Å²) in [6.07, 6.45) is 0. The van der Waals surface area contributed by atoms with Gasteiger partial charge >= 0.3 is 7.48 Å². The van der Waals surface area contributed by atoms with Crippen molar-refractivity contribution in [1.82, 2.24) is 0 Å². The van der Waals surface area contributed by atoms with Crippen molar-refractivity contribution >= 4 is 34.9 Å². The van der Waals surface area contributed by atoms with Gasteiger partial charge in [0.1, 0.15) is 11.2 Å². The third-order valence-corrected chi connectivity index (χ3v) is 13.2. The molecule has 1 N–H and O–H groups in total. The van der Waals surface area contributed by atoms with Gasteiger partial charge in [-0.3, -0.25) is 0 Å². The smallest absolute Gasteiger partial charge is 0.310 e. The minimum atomic E-state index is -1.04. The van der Waals surface area contributed by atoms with E-state index in [2.05, 4.69) is 146 Å². The summed E-state index contributed by atoms with van der Waals surface area (Å²) < 4.78 is 13.6. The molecule has 0 fully saturated rings. The molecule has 0 atom stereocenters. The summed E-state index contributed by atoms with van der Waals surface area (Å²) in [6.45, 7) is 7.56. The van der Waals surface area contributed by atoms with E-state index in [4.69, 9.17) is 9.07 Å². The molecule has 3 aliphatic carbocycles. The fraction of sp³-hybridized carbons (Fsp3) is 0.160. The first kappa shape index (κ1) is 31.8. The van der Waals surface area contributed by atoms with Crippen molar-refractivity contribution < 1.29 is 14.2 Å². The number of fused-ring (bicyclic) bond motifs is 20. The predicted octanol–water partition coefficient (Wildman–Crippen LogP) is 10.2. The van der Waals surface area contributed by atoms with Crippen LogP contribution in [0, 0.1) is 0 Å². The molecule has 3 aliphatic rings. The molecule has 0 radical (unpaired) electrons. The Morgan fingerprint density at radius 3 is 1.56 bits per heavy atom. The van der Waals surface area contributed by atoms with Crippen LogP contribution in [0.25, 0.3) is 44.2 Å². The van der Waals surface area contributed by atoms with Crippen molar-refractivity contribution in [2.24, 2.45) is 0 Å². The third-order valence-electron chi connectivity index (χ3n) is 13.2. The minimum absolute atomic E-state index is 0.334. The average Bonchev–Trinajstić information content (AvgIpc) is 3.82. The Bertz CT molecular complexity index is 2770.